The van der Waals surface area contributed by atoms with Gasteiger partial charge >= 0.3 is 12.2 Å². The topological polar surface area (TPSA) is 53.6 Å². The van der Waals surface area contributed by atoms with Crippen molar-refractivity contribution in [1.82, 2.24) is 5.32 Å². The van der Waals surface area contributed by atoms with Gasteiger partial charge in [0, 0.05) is 25.3 Å². The second kappa shape index (κ2) is 6.88. The Labute approximate surface area is 138 Å². The minimum Gasteiger partial charge on any atom is -0.378 e. The number of ether oxygens (including phenoxy) is 1. The molecule has 132 valence electrons. The van der Waals surface area contributed by atoms with Gasteiger partial charge in [0.05, 0.1) is 24.5 Å². The molecule has 1 heterocycles. The Balaban J connectivity index is 1.75. The molecule has 0 atom stereocenters. The smallest absolute Gasteiger partial charge is 0.378 e. The highest BCUT2D eigenvalue weighted by Gasteiger charge is 2.35. The molecule has 0 aromatic heterocycles. The zero-order chi connectivity index (χ0) is 17.2. The number of urea groups is 1. The summed E-state index contributed by atoms with van der Waals surface area (Å²) in [6.07, 6.45) is -2.42. The van der Waals surface area contributed by atoms with Crippen molar-refractivity contribution in [3.05, 3.63) is 23.8 Å². The molecular formula is C16H20F3N3O2. The molecule has 1 aliphatic carbocycles. The molecule has 0 bridgehead atoms. The predicted molar refractivity (Wildman–Crippen MR) is 84.2 cm³/mol. The second-order valence-electron chi connectivity index (χ2n) is 6.11. The lowest BCUT2D eigenvalue weighted by molar-refractivity contribution is -0.136. The zero-order valence-electron chi connectivity index (χ0n) is 13.2. The number of rotatable bonds is 4. The molecule has 5 nitrogen and oxygen atoms in total. The largest absolute Gasteiger partial charge is 0.418 e. The monoisotopic (exact) mass is 343 g/mol. The molecule has 0 radical (unpaired) electrons. The van der Waals surface area contributed by atoms with Crippen molar-refractivity contribution < 1.29 is 22.7 Å². The minimum absolute atomic E-state index is 0.229. The summed E-state index contributed by atoms with van der Waals surface area (Å²) in [6, 6.07) is 3.38. The van der Waals surface area contributed by atoms with E-state index in [4.69, 9.17) is 4.74 Å². The van der Waals surface area contributed by atoms with Gasteiger partial charge in [-0.25, -0.2) is 4.79 Å². The molecule has 2 aliphatic rings. The molecule has 8 heteroatoms. The molecule has 1 aromatic carbocycles. The quantitative estimate of drug-likeness (QED) is 0.883. The number of benzene rings is 1. The van der Waals surface area contributed by atoms with Crippen LogP contribution in [0.15, 0.2) is 18.2 Å². The lowest BCUT2D eigenvalue weighted by Gasteiger charge is -2.29. The van der Waals surface area contributed by atoms with Crippen molar-refractivity contribution in [1.29, 1.82) is 0 Å². The number of alkyl halides is 3. The van der Waals surface area contributed by atoms with Gasteiger partial charge in [-0.15, -0.1) is 0 Å². The van der Waals surface area contributed by atoms with Crippen molar-refractivity contribution in [2.75, 3.05) is 43.1 Å². The van der Waals surface area contributed by atoms with E-state index >= 15 is 0 Å². The van der Waals surface area contributed by atoms with Crippen LogP contribution in [-0.2, 0) is 10.9 Å². The lowest BCUT2D eigenvalue weighted by atomic mass is 10.1. The van der Waals surface area contributed by atoms with Crippen LogP contribution >= 0.6 is 0 Å². The summed E-state index contributed by atoms with van der Waals surface area (Å²) < 4.78 is 45.3. The van der Waals surface area contributed by atoms with E-state index in [9.17, 15) is 18.0 Å². The van der Waals surface area contributed by atoms with Crippen LogP contribution in [0.4, 0.5) is 29.3 Å². The number of hydrogen-bond donors (Lipinski definition) is 2. The number of hydrogen-bond acceptors (Lipinski definition) is 3. The summed E-state index contributed by atoms with van der Waals surface area (Å²) in [6.45, 7) is 2.58. The Morgan fingerprint density at radius 3 is 2.58 bits per heavy atom. The summed E-state index contributed by atoms with van der Waals surface area (Å²) in [5.74, 6) is 0.460. The van der Waals surface area contributed by atoms with E-state index in [2.05, 4.69) is 10.6 Å². The van der Waals surface area contributed by atoms with Crippen LogP contribution in [0.2, 0.25) is 0 Å². The fourth-order valence-electron chi connectivity index (χ4n) is 2.62. The number of carbonyl (C=O) groups excluding carboxylic acids is 1. The van der Waals surface area contributed by atoms with Gasteiger partial charge in [-0.1, -0.05) is 0 Å². The number of amides is 2. The Morgan fingerprint density at radius 1 is 1.25 bits per heavy atom. The lowest BCUT2D eigenvalue weighted by Crippen LogP contribution is -2.36. The first-order valence-electron chi connectivity index (χ1n) is 8.02. The standard InChI is InChI=1S/C16H20F3N3O2/c17-16(18,19)13-9-12(22-5-7-24-8-6-22)3-4-14(13)21-15(23)20-10-11-1-2-11/h3-4,9,11H,1-2,5-8,10H2,(H2,20,21,23). The highest BCUT2D eigenvalue weighted by molar-refractivity contribution is 5.90. The molecule has 1 aliphatic heterocycles. The Morgan fingerprint density at radius 2 is 1.96 bits per heavy atom. The number of halogens is 3. The Bertz CT molecular complexity index is 597. The molecule has 0 spiro atoms. The highest BCUT2D eigenvalue weighted by Crippen LogP contribution is 2.37. The summed E-state index contributed by atoms with van der Waals surface area (Å²) >= 11 is 0. The molecule has 2 N–H and O–H groups in total. The Hall–Kier alpha value is -1.96. The van der Waals surface area contributed by atoms with E-state index in [0.29, 0.717) is 44.5 Å². The van der Waals surface area contributed by atoms with Crippen molar-refractivity contribution in [3.8, 4) is 0 Å². The van der Waals surface area contributed by atoms with Gasteiger partial charge in [0.25, 0.3) is 0 Å². The molecule has 2 amide bonds. The van der Waals surface area contributed by atoms with E-state index < -0.39 is 17.8 Å². The maximum absolute atomic E-state index is 13.4. The first kappa shape index (κ1) is 16.9. The molecule has 2 fully saturated rings. The zero-order valence-corrected chi connectivity index (χ0v) is 13.2. The maximum atomic E-state index is 13.4. The van der Waals surface area contributed by atoms with Gasteiger partial charge in [-0.3, -0.25) is 0 Å². The van der Waals surface area contributed by atoms with Crippen LogP contribution in [0.1, 0.15) is 18.4 Å². The van der Waals surface area contributed by atoms with Gasteiger partial charge in [0.1, 0.15) is 0 Å². The molecule has 1 saturated carbocycles. The van der Waals surface area contributed by atoms with Gasteiger partial charge in [0.15, 0.2) is 0 Å². The maximum Gasteiger partial charge on any atom is 0.418 e. The number of nitrogens with zero attached hydrogens (tertiary/aromatic N) is 1. The van der Waals surface area contributed by atoms with Crippen molar-refractivity contribution in [2.24, 2.45) is 5.92 Å². The fraction of sp³-hybridized carbons (Fsp3) is 0.562. The second-order valence-corrected chi connectivity index (χ2v) is 6.11. The SMILES string of the molecule is O=C(NCC1CC1)Nc1ccc(N2CCOCC2)cc1C(F)(F)F. The fourth-order valence-corrected chi connectivity index (χ4v) is 2.62. The van der Waals surface area contributed by atoms with E-state index in [1.165, 1.54) is 6.07 Å². The highest BCUT2D eigenvalue weighted by atomic mass is 19.4. The minimum atomic E-state index is -4.54. The molecule has 0 unspecified atom stereocenters. The van der Waals surface area contributed by atoms with Crippen molar-refractivity contribution >= 4 is 17.4 Å². The van der Waals surface area contributed by atoms with Gasteiger partial charge in [0.2, 0.25) is 0 Å². The molecular weight excluding hydrogens is 323 g/mol. The van der Waals surface area contributed by atoms with Crippen LogP contribution in [0, 0.1) is 5.92 Å². The van der Waals surface area contributed by atoms with E-state index in [1.807, 2.05) is 4.90 Å². The first-order valence-corrected chi connectivity index (χ1v) is 8.02. The third-order valence-corrected chi connectivity index (χ3v) is 4.18. The third kappa shape index (κ3) is 4.31. The average molecular weight is 343 g/mol. The summed E-state index contributed by atoms with van der Waals surface area (Å²) in [7, 11) is 0. The van der Waals surface area contributed by atoms with Crippen molar-refractivity contribution in [3.63, 3.8) is 0 Å². The summed E-state index contributed by atoms with van der Waals surface area (Å²) in [5, 5.41) is 4.92. The average Bonchev–Trinajstić information content (AvgIpc) is 3.37. The summed E-state index contributed by atoms with van der Waals surface area (Å²) in [4.78, 5) is 13.6. The van der Waals surface area contributed by atoms with E-state index in [-0.39, 0.29) is 5.69 Å². The molecule has 1 aromatic rings. The number of nitrogens with one attached hydrogen (secondary N) is 2. The first-order chi connectivity index (χ1) is 11.4. The predicted octanol–water partition coefficient (Wildman–Crippen LogP) is 3.07. The van der Waals surface area contributed by atoms with Gasteiger partial charge < -0.3 is 20.3 Å². The number of morpholine rings is 1. The van der Waals surface area contributed by atoms with Crippen molar-refractivity contribution in [2.45, 2.75) is 19.0 Å². The third-order valence-electron chi connectivity index (χ3n) is 4.18. The number of anilines is 2. The van der Waals surface area contributed by atoms with Crippen LogP contribution in [-0.4, -0.2) is 38.9 Å². The number of carbonyl (C=O) groups is 1. The van der Waals surface area contributed by atoms with Gasteiger partial charge in [-0.05, 0) is 37.0 Å². The van der Waals surface area contributed by atoms with E-state index in [1.54, 1.807) is 6.07 Å². The van der Waals surface area contributed by atoms with Crippen LogP contribution in [0.5, 0.6) is 0 Å². The van der Waals surface area contributed by atoms with Crippen LogP contribution in [0.3, 0.4) is 0 Å². The van der Waals surface area contributed by atoms with Gasteiger partial charge in [-0.2, -0.15) is 13.2 Å². The Kier molecular flexibility index (Phi) is 4.84. The normalized spacial score (nSPS) is 18.4. The van der Waals surface area contributed by atoms with E-state index in [0.717, 1.165) is 18.9 Å². The van der Waals surface area contributed by atoms with Crippen LogP contribution < -0.4 is 15.5 Å². The summed E-state index contributed by atoms with van der Waals surface area (Å²) in [5.41, 5.74) is -0.588. The van der Waals surface area contributed by atoms with Crippen LogP contribution in [0.25, 0.3) is 0 Å². The molecule has 24 heavy (non-hydrogen) atoms. The molecule has 3 rings (SSSR count). The molecule has 1 saturated heterocycles.